The normalized spacial score (nSPS) is 11.7. The first kappa shape index (κ1) is 27.9. The number of aromatic nitrogens is 1. The average molecular weight is 643 g/mol. The van der Waals surface area contributed by atoms with Gasteiger partial charge in [0.05, 0.1) is 22.4 Å². The fourth-order valence-electron chi connectivity index (χ4n) is 7.68. The minimum absolute atomic E-state index is 1.10. The molecule has 3 heteroatoms. The molecule has 2 aromatic heterocycles. The highest BCUT2D eigenvalue weighted by Crippen LogP contribution is 2.47. The van der Waals surface area contributed by atoms with E-state index in [1.54, 1.807) is 0 Å². The zero-order valence-corrected chi connectivity index (χ0v) is 27.4. The van der Waals surface area contributed by atoms with Gasteiger partial charge in [-0.05, 0) is 65.5 Å². The molecular weight excluding hydrogens is 613 g/mol. The smallest absolute Gasteiger partial charge is 0.0541 e. The topological polar surface area (TPSA) is 8.17 Å². The molecule has 8 aromatic carbocycles. The molecule has 0 aliphatic rings. The SMILES string of the molecule is c1cc(N(c2ccccc2-c2cccc3sc4ccccc4c23)c2cccc3ccccc23)cc(-n2c3ccccc3c3ccccc32)c1. The van der Waals surface area contributed by atoms with Gasteiger partial charge in [0.2, 0.25) is 0 Å². The summed E-state index contributed by atoms with van der Waals surface area (Å²) in [6.45, 7) is 0. The molecule has 230 valence electrons. The van der Waals surface area contributed by atoms with E-state index in [9.17, 15) is 0 Å². The second-order valence-electron chi connectivity index (χ2n) is 12.5. The number of fused-ring (bicyclic) bond motifs is 7. The molecule has 2 heterocycles. The Labute approximate surface area is 288 Å². The van der Waals surface area contributed by atoms with Gasteiger partial charge in [-0.15, -0.1) is 11.3 Å². The highest BCUT2D eigenvalue weighted by Gasteiger charge is 2.22. The molecule has 10 aromatic rings. The van der Waals surface area contributed by atoms with Crippen molar-refractivity contribution in [2.24, 2.45) is 0 Å². The van der Waals surface area contributed by atoms with Crippen molar-refractivity contribution in [3.8, 4) is 16.8 Å². The lowest BCUT2D eigenvalue weighted by atomic mass is 9.96. The maximum Gasteiger partial charge on any atom is 0.0541 e. The molecule has 0 radical (unpaired) electrons. The molecule has 2 nitrogen and oxygen atoms in total. The molecule has 0 aliphatic carbocycles. The van der Waals surface area contributed by atoms with Gasteiger partial charge < -0.3 is 9.47 Å². The molecule has 49 heavy (non-hydrogen) atoms. The molecule has 0 saturated carbocycles. The molecule has 0 aliphatic heterocycles. The van der Waals surface area contributed by atoms with Crippen LogP contribution < -0.4 is 4.90 Å². The Kier molecular flexibility index (Phi) is 6.39. The summed E-state index contributed by atoms with van der Waals surface area (Å²) in [6.07, 6.45) is 0. The van der Waals surface area contributed by atoms with Crippen LogP contribution in [0.4, 0.5) is 17.1 Å². The Morgan fingerprint density at radius 2 is 0.980 bits per heavy atom. The Morgan fingerprint density at radius 3 is 1.82 bits per heavy atom. The quantitative estimate of drug-likeness (QED) is 0.181. The lowest BCUT2D eigenvalue weighted by Gasteiger charge is -2.29. The predicted molar refractivity (Wildman–Crippen MR) is 211 cm³/mol. The Morgan fingerprint density at radius 1 is 0.408 bits per heavy atom. The molecule has 0 fully saturated rings. The maximum absolute atomic E-state index is 2.46. The van der Waals surface area contributed by atoms with Crippen molar-refractivity contribution in [2.45, 2.75) is 0 Å². The summed E-state index contributed by atoms with van der Waals surface area (Å²) in [7, 11) is 0. The summed E-state index contributed by atoms with van der Waals surface area (Å²) in [6, 6.07) is 66.2. The molecule has 0 spiro atoms. The highest BCUT2D eigenvalue weighted by molar-refractivity contribution is 7.25. The maximum atomic E-state index is 2.46. The largest absolute Gasteiger partial charge is 0.309 e. The van der Waals surface area contributed by atoms with Gasteiger partial charge in [-0.25, -0.2) is 0 Å². The van der Waals surface area contributed by atoms with E-state index in [1.165, 1.54) is 63.9 Å². The van der Waals surface area contributed by atoms with E-state index in [4.69, 9.17) is 0 Å². The standard InChI is InChI=1S/C46H30N2S/c1-2-18-34-31(14-1)15-11-27-40(34)47(32-16-12-17-33(30-32)48-41-24-7-3-19-35(41)36-20-4-8-25-42(36)48)43-26-9-5-21-37(43)38-23-13-29-45-46(38)39-22-6-10-28-44(39)49-45/h1-30H. The van der Waals surface area contributed by atoms with Crippen LogP contribution in [-0.4, -0.2) is 4.57 Å². The predicted octanol–water partition coefficient (Wildman–Crippen LogP) is 13.4. The Balaban J connectivity index is 1.26. The van der Waals surface area contributed by atoms with Crippen LogP contribution in [-0.2, 0) is 0 Å². The third-order valence-electron chi connectivity index (χ3n) is 9.77. The first-order valence-corrected chi connectivity index (χ1v) is 17.5. The Hall–Kier alpha value is -6.16. The number of hydrogen-bond acceptors (Lipinski definition) is 2. The molecule has 0 N–H and O–H groups in total. The molecule has 0 bridgehead atoms. The number of anilines is 3. The number of para-hydroxylation sites is 3. The average Bonchev–Trinajstić information content (AvgIpc) is 3.72. The number of hydrogen-bond donors (Lipinski definition) is 0. The third kappa shape index (κ3) is 4.40. The van der Waals surface area contributed by atoms with Gasteiger partial charge in [0.15, 0.2) is 0 Å². The number of benzene rings is 8. The van der Waals surface area contributed by atoms with Gasteiger partial charge in [0, 0.05) is 53.3 Å². The van der Waals surface area contributed by atoms with Gasteiger partial charge in [-0.2, -0.15) is 0 Å². The Bertz CT molecular complexity index is 2800. The summed E-state index contributed by atoms with van der Waals surface area (Å²) >= 11 is 1.87. The van der Waals surface area contributed by atoms with Crippen molar-refractivity contribution >= 4 is 81.1 Å². The zero-order valence-electron chi connectivity index (χ0n) is 26.6. The fourth-order valence-corrected chi connectivity index (χ4v) is 8.81. The summed E-state index contributed by atoms with van der Waals surface area (Å²) in [4.78, 5) is 2.46. The van der Waals surface area contributed by atoms with E-state index in [1.807, 2.05) is 11.3 Å². The van der Waals surface area contributed by atoms with Gasteiger partial charge in [0.25, 0.3) is 0 Å². The van der Waals surface area contributed by atoms with Crippen molar-refractivity contribution in [2.75, 3.05) is 4.90 Å². The first-order chi connectivity index (χ1) is 24.3. The van der Waals surface area contributed by atoms with E-state index >= 15 is 0 Å². The van der Waals surface area contributed by atoms with Gasteiger partial charge in [0.1, 0.15) is 0 Å². The second-order valence-corrected chi connectivity index (χ2v) is 13.6. The van der Waals surface area contributed by atoms with E-state index in [2.05, 4.69) is 191 Å². The lowest BCUT2D eigenvalue weighted by Crippen LogP contribution is -2.12. The summed E-state index contributed by atoms with van der Waals surface area (Å²) in [5.41, 5.74) is 9.37. The van der Waals surface area contributed by atoms with Crippen LogP contribution >= 0.6 is 11.3 Å². The van der Waals surface area contributed by atoms with Crippen LogP contribution in [0.3, 0.4) is 0 Å². The van der Waals surface area contributed by atoms with E-state index in [0.717, 1.165) is 22.7 Å². The molecule has 0 atom stereocenters. The molecule has 0 amide bonds. The summed E-state index contributed by atoms with van der Waals surface area (Å²) in [5, 5.41) is 7.56. The lowest BCUT2D eigenvalue weighted by molar-refractivity contribution is 1.17. The van der Waals surface area contributed by atoms with Gasteiger partial charge in [-0.1, -0.05) is 127 Å². The number of nitrogens with zero attached hydrogens (tertiary/aromatic N) is 2. The van der Waals surface area contributed by atoms with E-state index in [0.29, 0.717) is 0 Å². The van der Waals surface area contributed by atoms with Gasteiger partial charge >= 0.3 is 0 Å². The van der Waals surface area contributed by atoms with Crippen LogP contribution in [0.2, 0.25) is 0 Å². The summed E-state index contributed by atoms with van der Waals surface area (Å²) in [5.74, 6) is 0. The highest BCUT2D eigenvalue weighted by atomic mass is 32.1. The van der Waals surface area contributed by atoms with Gasteiger partial charge in [-0.3, -0.25) is 0 Å². The molecular formula is C46H30N2S. The van der Waals surface area contributed by atoms with Crippen LogP contribution in [0.15, 0.2) is 182 Å². The minimum Gasteiger partial charge on any atom is -0.309 e. The summed E-state index contributed by atoms with van der Waals surface area (Å²) < 4.78 is 5.02. The van der Waals surface area contributed by atoms with Crippen molar-refractivity contribution in [1.82, 2.24) is 4.57 Å². The van der Waals surface area contributed by atoms with Crippen LogP contribution in [0, 0.1) is 0 Å². The van der Waals surface area contributed by atoms with E-state index in [-0.39, 0.29) is 0 Å². The monoisotopic (exact) mass is 642 g/mol. The van der Waals surface area contributed by atoms with Crippen molar-refractivity contribution in [3.05, 3.63) is 182 Å². The minimum atomic E-state index is 1.10. The van der Waals surface area contributed by atoms with Crippen LogP contribution in [0.1, 0.15) is 0 Å². The van der Waals surface area contributed by atoms with Crippen LogP contribution in [0.5, 0.6) is 0 Å². The second kappa shape index (κ2) is 11.2. The first-order valence-electron chi connectivity index (χ1n) is 16.7. The van der Waals surface area contributed by atoms with Crippen molar-refractivity contribution in [1.29, 1.82) is 0 Å². The third-order valence-corrected chi connectivity index (χ3v) is 10.9. The number of rotatable bonds is 5. The van der Waals surface area contributed by atoms with E-state index < -0.39 is 0 Å². The van der Waals surface area contributed by atoms with Crippen molar-refractivity contribution < 1.29 is 0 Å². The fraction of sp³-hybridized carbons (Fsp3) is 0. The van der Waals surface area contributed by atoms with Crippen LogP contribution in [0.25, 0.3) is 69.6 Å². The molecule has 10 rings (SSSR count). The number of thiophene rings is 1. The molecule has 0 saturated heterocycles. The zero-order chi connectivity index (χ0) is 32.3. The van der Waals surface area contributed by atoms with Crippen molar-refractivity contribution in [3.63, 3.8) is 0 Å². The molecule has 0 unspecified atom stereocenters.